The SMILES string of the molecule is Cc1cc(C(=O)Nc2cccn([C@@H](Cc3ccc(F)c(F)c3)C(=O)N[C@H](C=CC(=O)OC3CCCC3)C[C@@H]3CCNC3=O)c2=O)no1. The highest BCUT2D eigenvalue weighted by Gasteiger charge is 2.30. The van der Waals surface area contributed by atoms with E-state index in [0.717, 1.165) is 42.4 Å². The van der Waals surface area contributed by atoms with Gasteiger partial charge in [0.05, 0.1) is 0 Å². The number of anilines is 1. The lowest BCUT2D eigenvalue weighted by molar-refractivity contribution is -0.142. The maximum atomic E-state index is 14.2. The van der Waals surface area contributed by atoms with Crippen LogP contribution in [0.3, 0.4) is 0 Å². The van der Waals surface area contributed by atoms with Gasteiger partial charge >= 0.3 is 5.97 Å². The Morgan fingerprint density at radius 2 is 1.91 bits per heavy atom. The zero-order valence-electron chi connectivity index (χ0n) is 25.7. The molecule has 1 aliphatic heterocycles. The van der Waals surface area contributed by atoms with Crippen molar-refractivity contribution < 1.29 is 37.2 Å². The maximum absolute atomic E-state index is 14.2. The predicted octanol–water partition coefficient (Wildman–Crippen LogP) is 3.51. The minimum absolute atomic E-state index is 0.0644. The van der Waals surface area contributed by atoms with Crippen molar-refractivity contribution in [1.29, 1.82) is 0 Å². The number of halogens is 2. The van der Waals surface area contributed by atoms with E-state index >= 15 is 0 Å². The lowest BCUT2D eigenvalue weighted by Gasteiger charge is -2.24. The van der Waals surface area contributed by atoms with Crippen molar-refractivity contribution in [2.75, 3.05) is 11.9 Å². The van der Waals surface area contributed by atoms with Crippen molar-refractivity contribution in [3.05, 3.63) is 93.8 Å². The van der Waals surface area contributed by atoms with Crippen molar-refractivity contribution in [2.45, 2.75) is 70.1 Å². The third kappa shape index (κ3) is 8.57. The van der Waals surface area contributed by atoms with Crippen LogP contribution in [0.1, 0.15) is 66.4 Å². The number of pyridine rings is 1. The van der Waals surface area contributed by atoms with Gasteiger partial charge < -0.3 is 29.8 Å². The number of aromatic nitrogens is 2. The molecule has 1 aliphatic carbocycles. The molecule has 5 rings (SSSR count). The van der Waals surface area contributed by atoms with Gasteiger partial charge in [-0.25, -0.2) is 13.6 Å². The molecule has 12 nitrogen and oxygen atoms in total. The van der Waals surface area contributed by atoms with Crippen LogP contribution in [0.5, 0.6) is 0 Å². The Hall–Kier alpha value is -5.14. The molecule has 0 bridgehead atoms. The average molecular weight is 652 g/mol. The lowest BCUT2D eigenvalue weighted by atomic mass is 9.97. The van der Waals surface area contributed by atoms with E-state index in [4.69, 9.17) is 9.26 Å². The van der Waals surface area contributed by atoms with Crippen LogP contribution in [-0.2, 0) is 25.5 Å². The second kappa shape index (κ2) is 15.0. The first kappa shape index (κ1) is 33.2. The molecule has 3 atom stereocenters. The van der Waals surface area contributed by atoms with Crippen LogP contribution < -0.4 is 21.5 Å². The number of benzene rings is 1. The smallest absolute Gasteiger partial charge is 0.330 e. The first-order valence-electron chi connectivity index (χ1n) is 15.4. The molecule has 47 heavy (non-hydrogen) atoms. The van der Waals surface area contributed by atoms with Crippen LogP contribution in [0.25, 0.3) is 0 Å². The normalized spacial score (nSPS) is 17.8. The zero-order chi connectivity index (χ0) is 33.5. The van der Waals surface area contributed by atoms with E-state index in [-0.39, 0.29) is 41.8 Å². The number of hydrogen-bond donors (Lipinski definition) is 3. The fraction of sp³-hybridized carbons (Fsp3) is 0.394. The molecule has 14 heteroatoms. The fourth-order valence-corrected chi connectivity index (χ4v) is 5.76. The van der Waals surface area contributed by atoms with Gasteiger partial charge in [-0.05, 0) is 75.3 Å². The van der Waals surface area contributed by atoms with Gasteiger partial charge in [-0.1, -0.05) is 17.3 Å². The van der Waals surface area contributed by atoms with Gasteiger partial charge in [-0.2, -0.15) is 0 Å². The number of ether oxygens (including phenoxy) is 1. The molecule has 1 saturated heterocycles. The summed E-state index contributed by atoms with van der Waals surface area (Å²) in [6.45, 7) is 2.07. The first-order valence-corrected chi connectivity index (χ1v) is 15.4. The Morgan fingerprint density at radius 1 is 1.13 bits per heavy atom. The van der Waals surface area contributed by atoms with E-state index < -0.39 is 53.0 Å². The Balaban J connectivity index is 1.43. The van der Waals surface area contributed by atoms with Crippen LogP contribution in [0.2, 0.25) is 0 Å². The minimum Gasteiger partial charge on any atom is -0.459 e. The largest absolute Gasteiger partial charge is 0.459 e. The molecular weight excluding hydrogens is 616 g/mol. The summed E-state index contributed by atoms with van der Waals surface area (Å²) in [5.74, 6) is -4.46. The highest BCUT2D eigenvalue weighted by Crippen LogP contribution is 2.23. The van der Waals surface area contributed by atoms with Gasteiger partial charge in [0.1, 0.15) is 23.6 Å². The highest BCUT2D eigenvalue weighted by molar-refractivity contribution is 6.02. The number of nitrogens with zero attached hydrogens (tertiary/aromatic N) is 2. The molecule has 2 aliphatic rings. The zero-order valence-corrected chi connectivity index (χ0v) is 25.7. The fourth-order valence-electron chi connectivity index (χ4n) is 5.76. The summed E-state index contributed by atoms with van der Waals surface area (Å²) in [4.78, 5) is 65.3. The van der Waals surface area contributed by atoms with E-state index in [2.05, 4.69) is 21.1 Å². The molecule has 1 saturated carbocycles. The monoisotopic (exact) mass is 651 g/mol. The highest BCUT2D eigenvalue weighted by atomic mass is 19.2. The predicted molar refractivity (Wildman–Crippen MR) is 164 cm³/mol. The first-order chi connectivity index (χ1) is 22.6. The topological polar surface area (TPSA) is 162 Å². The van der Waals surface area contributed by atoms with Crippen molar-refractivity contribution in [3.63, 3.8) is 0 Å². The van der Waals surface area contributed by atoms with Crippen molar-refractivity contribution in [2.24, 2.45) is 5.92 Å². The van der Waals surface area contributed by atoms with Crippen LogP contribution in [0, 0.1) is 24.5 Å². The molecule has 0 unspecified atom stereocenters. The van der Waals surface area contributed by atoms with E-state index in [1.807, 2.05) is 0 Å². The van der Waals surface area contributed by atoms with Crippen molar-refractivity contribution in [3.8, 4) is 0 Å². The van der Waals surface area contributed by atoms with Crippen LogP contribution in [0.15, 0.2) is 64.1 Å². The van der Waals surface area contributed by atoms with Gasteiger partial charge in [0, 0.05) is 43.3 Å². The summed E-state index contributed by atoms with van der Waals surface area (Å²) in [7, 11) is 0. The Labute approximate surface area is 268 Å². The van der Waals surface area contributed by atoms with Crippen LogP contribution in [0.4, 0.5) is 14.5 Å². The van der Waals surface area contributed by atoms with Crippen LogP contribution in [-0.4, -0.2) is 52.1 Å². The van der Waals surface area contributed by atoms with Crippen molar-refractivity contribution in [1.82, 2.24) is 20.4 Å². The van der Waals surface area contributed by atoms with Crippen molar-refractivity contribution >= 4 is 29.4 Å². The Kier molecular flexibility index (Phi) is 10.6. The third-order valence-corrected chi connectivity index (χ3v) is 8.21. The molecule has 3 aromatic rings. The molecule has 3 N–H and O–H groups in total. The van der Waals surface area contributed by atoms with E-state index in [9.17, 15) is 32.8 Å². The number of nitrogens with one attached hydrogen (secondary N) is 3. The summed E-state index contributed by atoms with van der Waals surface area (Å²) >= 11 is 0. The molecule has 248 valence electrons. The number of esters is 1. The number of rotatable bonds is 12. The molecule has 0 spiro atoms. The quantitative estimate of drug-likeness (QED) is 0.198. The molecule has 1 aromatic carbocycles. The third-order valence-electron chi connectivity index (χ3n) is 8.21. The summed E-state index contributed by atoms with van der Waals surface area (Å²) in [6, 6.07) is 5.16. The van der Waals surface area contributed by atoms with E-state index in [1.54, 1.807) is 6.92 Å². The average Bonchev–Trinajstić information content (AvgIpc) is 3.81. The standard InChI is InChI=1S/C33H35F2N5O7/c1-19-15-27(39-47-19)31(43)38-26-7-4-14-40(33(26)45)28(17-20-8-10-24(34)25(35)16-20)32(44)37-22(18-21-12-13-36-30(21)42)9-11-29(41)46-23-5-2-3-6-23/h4,7-11,14-16,21-23,28H,2-3,5-6,12-13,17-18H2,1H3,(H,36,42)(H,37,44)(H,38,43)/t21-,22+,28-/m0/s1. The summed E-state index contributed by atoms with van der Waals surface area (Å²) in [5.41, 5.74) is -0.780. The number of amides is 3. The van der Waals surface area contributed by atoms with Gasteiger partial charge in [-0.3, -0.25) is 19.2 Å². The molecular formula is C33H35F2N5O7. The van der Waals surface area contributed by atoms with Gasteiger partial charge in [0.25, 0.3) is 11.5 Å². The molecule has 2 fully saturated rings. The maximum Gasteiger partial charge on any atom is 0.330 e. The Morgan fingerprint density at radius 3 is 2.60 bits per heavy atom. The summed E-state index contributed by atoms with van der Waals surface area (Å²) in [6.07, 6.45) is 7.77. The molecule has 3 heterocycles. The van der Waals surface area contributed by atoms with E-state index in [0.29, 0.717) is 18.7 Å². The summed E-state index contributed by atoms with van der Waals surface area (Å²) in [5, 5.41) is 11.7. The second-order valence-corrected chi connectivity index (χ2v) is 11.7. The number of carbonyl (C=O) groups is 4. The second-order valence-electron chi connectivity index (χ2n) is 11.7. The van der Waals surface area contributed by atoms with Gasteiger partial charge in [-0.15, -0.1) is 0 Å². The van der Waals surface area contributed by atoms with E-state index in [1.165, 1.54) is 42.6 Å². The number of hydrogen-bond acceptors (Lipinski definition) is 8. The summed E-state index contributed by atoms with van der Waals surface area (Å²) < 4.78 is 39.4. The number of aryl methyl sites for hydroxylation is 1. The van der Waals surface area contributed by atoms with Gasteiger partial charge in [0.15, 0.2) is 17.3 Å². The Bertz CT molecular complexity index is 1730. The van der Waals surface area contributed by atoms with Crippen LogP contribution >= 0.6 is 0 Å². The molecule has 0 radical (unpaired) electrons. The molecule has 3 amide bonds. The molecule has 2 aromatic heterocycles. The minimum atomic E-state index is -1.32. The lowest BCUT2D eigenvalue weighted by Crippen LogP contribution is -2.43. The van der Waals surface area contributed by atoms with Gasteiger partial charge in [0.2, 0.25) is 11.8 Å². The number of carbonyl (C=O) groups excluding carboxylic acids is 4.